The van der Waals surface area contributed by atoms with Gasteiger partial charge in [0.1, 0.15) is 11.3 Å². The number of pyridine rings is 1. The first kappa shape index (κ1) is 22.4. The van der Waals surface area contributed by atoms with Crippen LogP contribution in [0.4, 0.5) is 0 Å². The summed E-state index contributed by atoms with van der Waals surface area (Å²) in [5, 5.41) is 3.93. The van der Waals surface area contributed by atoms with Gasteiger partial charge >= 0.3 is 0 Å². The number of benzene rings is 1. The normalized spacial score (nSPS) is 12.5. The summed E-state index contributed by atoms with van der Waals surface area (Å²) in [4.78, 5) is 16.1. The monoisotopic (exact) mass is 373 g/mol. The molecule has 1 heterocycles. The van der Waals surface area contributed by atoms with E-state index in [1.807, 2.05) is 44.2 Å². The summed E-state index contributed by atoms with van der Waals surface area (Å²) < 4.78 is 5.77. The van der Waals surface area contributed by atoms with Crippen LogP contribution in [0, 0.1) is 5.92 Å². The maximum atomic E-state index is 11.8. The fourth-order valence-electron chi connectivity index (χ4n) is 2.06. The fourth-order valence-corrected chi connectivity index (χ4v) is 2.06. The first-order valence-electron chi connectivity index (χ1n) is 7.59. The van der Waals surface area contributed by atoms with E-state index < -0.39 is 0 Å². The van der Waals surface area contributed by atoms with E-state index >= 15 is 0 Å². The lowest BCUT2D eigenvalue weighted by atomic mass is 10.0. The maximum absolute atomic E-state index is 11.8. The Balaban J connectivity index is 0.00000264. The summed E-state index contributed by atoms with van der Waals surface area (Å²) in [7, 11) is 0. The molecule has 0 spiro atoms. The molecule has 3 N–H and O–H groups in total. The van der Waals surface area contributed by atoms with E-state index in [1.165, 1.54) is 0 Å². The van der Waals surface area contributed by atoms with E-state index in [0.717, 1.165) is 23.1 Å². The number of nitrogens with zero attached hydrogens (tertiary/aromatic N) is 1. The Hall–Kier alpha value is -1.56. The summed E-state index contributed by atoms with van der Waals surface area (Å²) in [5.74, 6) is 0.582. The molecule has 0 fully saturated rings. The van der Waals surface area contributed by atoms with E-state index in [4.69, 9.17) is 10.5 Å². The standard InChI is InChI=1S/C17H23N3O2.2ClH/c1-12(13(2)18)17(21)20-10-5-11-22-15-8-3-6-14-7-4-9-19-16(14)15;;/h3-4,6-9,12-13H,5,10-11,18H2,1-2H3,(H,20,21);2*1H. The number of nitrogens with two attached hydrogens (primary N) is 1. The zero-order valence-electron chi connectivity index (χ0n) is 13.9. The molecule has 0 aliphatic carbocycles. The van der Waals surface area contributed by atoms with Crippen molar-refractivity contribution in [2.75, 3.05) is 13.2 Å². The summed E-state index contributed by atoms with van der Waals surface area (Å²) in [5.41, 5.74) is 6.56. The van der Waals surface area contributed by atoms with Crippen molar-refractivity contribution >= 4 is 41.6 Å². The number of rotatable bonds is 7. The van der Waals surface area contributed by atoms with Crippen molar-refractivity contribution in [3.05, 3.63) is 36.5 Å². The number of carbonyl (C=O) groups is 1. The number of nitrogens with one attached hydrogen (secondary N) is 1. The van der Waals surface area contributed by atoms with Crippen molar-refractivity contribution in [3.8, 4) is 5.75 Å². The van der Waals surface area contributed by atoms with Crippen molar-refractivity contribution in [1.82, 2.24) is 10.3 Å². The van der Waals surface area contributed by atoms with Gasteiger partial charge in [-0.25, -0.2) is 0 Å². The van der Waals surface area contributed by atoms with Gasteiger partial charge in [0.2, 0.25) is 5.91 Å². The molecule has 0 saturated heterocycles. The number of amides is 1. The highest BCUT2D eigenvalue weighted by Gasteiger charge is 2.15. The van der Waals surface area contributed by atoms with Crippen LogP contribution < -0.4 is 15.8 Å². The quantitative estimate of drug-likeness (QED) is 0.731. The molecule has 24 heavy (non-hydrogen) atoms. The van der Waals surface area contributed by atoms with E-state index in [-0.39, 0.29) is 42.7 Å². The van der Waals surface area contributed by atoms with Gasteiger partial charge in [0.05, 0.1) is 6.61 Å². The Labute approximate surface area is 155 Å². The number of hydrogen-bond acceptors (Lipinski definition) is 4. The van der Waals surface area contributed by atoms with Crippen LogP contribution in [0.2, 0.25) is 0 Å². The molecule has 1 aromatic heterocycles. The Bertz CT molecular complexity index is 633. The van der Waals surface area contributed by atoms with Crippen molar-refractivity contribution in [1.29, 1.82) is 0 Å². The van der Waals surface area contributed by atoms with Crippen LogP contribution in [-0.4, -0.2) is 30.1 Å². The van der Waals surface area contributed by atoms with Crippen LogP contribution in [0.3, 0.4) is 0 Å². The van der Waals surface area contributed by atoms with Crippen molar-refractivity contribution in [2.45, 2.75) is 26.3 Å². The Morgan fingerprint density at radius 2 is 1.96 bits per heavy atom. The van der Waals surface area contributed by atoms with Gasteiger partial charge in [0, 0.05) is 30.1 Å². The molecule has 0 aliphatic heterocycles. The van der Waals surface area contributed by atoms with E-state index in [2.05, 4.69) is 10.3 Å². The summed E-state index contributed by atoms with van der Waals surface area (Å²) in [6.07, 6.45) is 2.49. The zero-order chi connectivity index (χ0) is 15.9. The molecule has 2 rings (SSSR count). The van der Waals surface area contributed by atoms with Gasteiger partial charge in [-0.15, -0.1) is 24.8 Å². The maximum Gasteiger partial charge on any atom is 0.224 e. The topological polar surface area (TPSA) is 77.2 Å². The van der Waals surface area contributed by atoms with Crippen LogP contribution in [-0.2, 0) is 4.79 Å². The summed E-state index contributed by atoms with van der Waals surface area (Å²) >= 11 is 0. The highest BCUT2D eigenvalue weighted by Crippen LogP contribution is 2.22. The minimum Gasteiger partial charge on any atom is -0.491 e. The Morgan fingerprint density at radius 1 is 1.25 bits per heavy atom. The summed E-state index contributed by atoms with van der Waals surface area (Å²) in [6, 6.07) is 9.63. The number of halogens is 2. The predicted molar refractivity (Wildman–Crippen MR) is 102 cm³/mol. The smallest absolute Gasteiger partial charge is 0.224 e. The molecule has 1 aromatic carbocycles. The van der Waals surface area contributed by atoms with Gasteiger partial charge in [-0.05, 0) is 25.5 Å². The lowest BCUT2D eigenvalue weighted by Gasteiger charge is -2.15. The first-order chi connectivity index (χ1) is 10.6. The van der Waals surface area contributed by atoms with Gasteiger partial charge < -0.3 is 15.8 Å². The Morgan fingerprint density at radius 3 is 2.67 bits per heavy atom. The van der Waals surface area contributed by atoms with Crippen LogP contribution >= 0.6 is 24.8 Å². The first-order valence-corrected chi connectivity index (χ1v) is 7.59. The second-order valence-electron chi connectivity index (χ2n) is 5.47. The van der Waals surface area contributed by atoms with E-state index in [1.54, 1.807) is 6.20 Å². The number of fused-ring (bicyclic) bond motifs is 1. The highest BCUT2D eigenvalue weighted by atomic mass is 35.5. The van der Waals surface area contributed by atoms with Crippen molar-refractivity contribution in [2.24, 2.45) is 11.7 Å². The molecule has 0 aliphatic rings. The average molecular weight is 374 g/mol. The molecule has 2 aromatic rings. The van der Waals surface area contributed by atoms with Crippen molar-refractivity contribution < 1.29 is 9.53 Å². The number of ether oxygens (including phenoxy) is 1. The van der Waals surface area contributed by atoms with Crippen LogP contribution in [0.15, 0.2) is 36.5 Å². The molecular formula is C17H25Cl2N3O2. The van der Waals surface area contributed by atoms with Crippen LogP contribution in [0.25, 0.3) is 10.9 Å². The molecule has 134 valence electrons. The minimum atomic E-state index is -0.178. The molecule has 0 radical (unpaired) electrons. The zero-order valence-corrected chi connectivity index (χ0v) is 15.5. The number of aromatic nitrogens is 1. The fraction of sp³-hybridized carbons (Fsp3) is 0.412. The SMILES string of the molecule is CC(N)C(C)C(=O)NCCCOc1cccc2cccnc12.Cl.Cl. The number of para-hydroxylation sites is 1. The number of hydrogen-bond donors (Lipinski definition) is 2. The van der Waals surface area contributed by atoms with Gasteiger partial charge in [0.25, 0.3) is 0 Å². The second-order valence-corrected chi connectivity index (χ2v) is 5.47. The van der Waals surface area contributed by atoms with Gasteiger partial charge in [-0.3, -0.25) is 9.78 Å². The van der Waals surface area contributed by atoms with E-state index in [9.17, 15) is 4.79 Å². The molecular weight excluding hydrogens is 349 g/mol. The summed E-state index contributed by atoms with van der Waals surface area (Å²) in [6.45, 7) is 4.77. The lowest BCUT2D eigenvalue weighted by Crippen LogP contribution is -2.39. The second kappa shape index (κ2) is 11.1. The van der Waals surface area contributed by atoms with Gasteiger partial charge in [-0.2, -0.15) is 0 Å². The molecule has 2 atom stereocenters. The molecule has 0 saturated carbocycles. The molecule has 0 bridgehead atoms. The molecule has 1 amide bonds. The number of carbonyl (C=O) groups excluding carboxylic acids is 1. The molecule has 5 nitrogen and oxygen atoms in total. The van der Waals surface area contributed by atoms with Crippen LogP contribution in [0.1, 0.15) is 20.3 Å². The molecule has 2 unspecified atom stereocenters. The van der Waals surface area contributed by atoms with Crippen LogP contribution in [0.5, 0.6) is 5.75 Å². The lowest BCUT2D eigenvalue weighted by molar-refractivity contribution is -0.124. The van der Waals surface area contributed by atoms with Gasteiger partial charge in [-0.1, -0.05) is 25.1 Å². The predicted octanol–water partition coefficient (Wildman–Crippen LogP) is 2.95. The largest absolute Gasteiger partial charge is 0.491 e. The third kappa shape index (κ3) is 6.15. The van der Waals surface area contributed by atoms with Crippen molar-refractivity contribution in [3.63, 3.8) is 0 Å². The Kier molecular flexibility index (Phi) is 10.4. The van der Waals surface area contributed by atoms with E-state index in [0.29, 0.717) is 13.2 Å². The van der Waals surface area contributed by atoms with Gasteiger partial charge in [0.15, 0.2) is 0 Å². The third-order valence-corrected chi connectivity index (χ3v) is 3.68. The molecule has 7 heteroatoms. The third-order valence-electron chi connectivity index (χ3n) is 3.68. The highest BCUT2D eigenvalue weighted by molar-refractivity contribution is 5.86. The minimum absolute atomic E-state index is 0. The average Bonchev–Trinajstić information content (AvgIpc) is 2.53.